The number of nitrogens with one attached hydrogen (secondary N) is 1. The summed E-state index contributed by atoms with van der Waals surface area (Å²) >= 11 is 0. The first kappa shape index (κ1) is 19.4. The van der Waals surface area contributed by atoms with Crippen molar-refractivity contribution in [2.75, 3.05) is 6.54 Å². The first-order valence-corrected chi connectivity index (χ1v) is 9.62. The van der Waals surface area contributed by atoms with Crippen molar-refractivity contribution in [3.05, 3.63) is 36.4 Å². The van der Waals surface area contributed by atoms with Crippen molar-refractivity contribution >= 4 is 10.0 Å². The summed E-state index contributed by atoms with van der Waals surface area (Å²) < 4.78 is 34.6. The third kappa shape index (κ3) is 5.00. The minimum absolute atomic E-state index is 0.174. The first-order chi connectivity index (χ1) is 11.8. The normalized spacial score (nSPS) is 12.3. The Morgan fingerprint density at radius 1 is 1.24 bits per heavy atom. The van der Waals surface area contributed by atoms with E-state index in [1.807, 2.05) is 13.8 Å². The quantitative estimate of drug-likeness (QED) is 0.688. The summed E-state index contributed by atoms with van der Waals surface area (Å²) in [5, 5.41) is 3.96. The van der Waals surface area contributed by atoms with Crippen LogP contribution in [0.1, 0.15) is 32.5 Å². The molecule has 1 aromatic carbocycles. The van der Waals surface area contributed by atoms with Gasteiger partial charge >= 0.3 is 0 Å². The SMILES string of the molecule is CCC(N)(CC)CNS(=O)(=O)c1ccc(OCc2ncnn2C)cc1. The average molecular weight is 367 g/mol. The highest BCUT2D eigenvalue weighted by Gasteiger charge is 2.24. The van der Waals surface area contributed by atoms with E-state index in [-0.39, 0.29) is 18.0 Å². The zero-order valence-corrected chi connectivity index (χ0v) is 15.6. The maximum absolute atomic E-state index is 12.4. The number of hydrogen-bond acceptors (Lipinski definition) is 6. The molecule has 0 aliphatic heterocycles. The molecule has 0 aliphatic rings. The Balaban J connectivity index is 1.99. The Labute approximate surface area is 148 Å². The molecule has 25 heavy (non-hydrogen) atoms. The van der Waals surface area contributed by atoms with Gasteiger partial charge in [-0.05, 0) is 37.1 Å². The smallest absolute Gasteiger partial charge is 0.240 e. The minimum Gasteiger partial charge on any atom is -0.486 e. The number of ether oxygens (including phenoxy) is 1. The summed E-state index contributed by atoms with van der Waals surface area (Å²) in [5.41, 5.74) is 5.61. The molecule has 0 amide bonds. The highest BCUT2D eigenvalue weighted by Crippen LogP contribution is 2.18. The van der Waals surface area contributed by atoms with E-state index in [1.165, 1.54) is 18.5 Å². The molecule has 2 aromatic rings. The predicted octanol–water partition coefficient (Wildman–Crippen LogP) is 1.19. The number of nitrogens with zero attached hydrogens (tertiary/aromatic N) is 3. The van der Waals surface area contributed by atoms with Gasteiger partial charge in [0.15, 0.2) is 5.82 Å². The predicted molar refractivity (Wildman–Crippen MR) is 94.5 cm³/mol. The van der Waals surface area contributed by atoms with Crippen LogP contribution >= 0.6 is 0 Å². The van der Waals surface area contributed by atoms with E-state index < -0.39 is 15.6 Å². The Morgan fingerprint density at radius 3 is 2.40 bits per heavy atom. The molecule has 1 heterocycles. The lowest BCUT2D eigenvalue weighted by atomic mass is 9.95. The number of benzene rings is 1. The first-order valence-electron chi connectivity index (χ1n) is 8.14. The fraction of sp³-hybridized carbons (Fsp3) is 0.500. The van der Waals surface area contributed by atoms with Gasteiger partial charge in [-0.1, -0.05) is 13.8 Å². The zero-order chi connectivity index (χ0) is 18.5. The largest absolute Gasteiger partial charge is 0.486 e. The van der Waals surface area contributed by atoms with Crippen molar-refractivity contribution in [2.45, 2.75) is 43.7 Å². The second-order valence-corrected chi connectivity index (χ2v) is 7.72. The molecular formula is C16H25N5O3S. The van der Waals surface area contributed by atoms with E-state index in [1.54, 1.807) is 23.9 Å². The summed E-state index contributed by atoms with van der Waals surface area (Å²) in [5.74, 6) is 1.23. The molecule has 8 nitrogen and oxygen atoms in total. The van der Waals surface area contributed by atoms with Gasteiger partial charge in [-0.3, -0.25) is 4.68 Å². The Morgan fingerprint density at radius 2 is 1.88 bits per heavy atom. The standard InChI is InChI=1S/C16H25N5O3S/c1-4-16(17,5-2)11-20-25(22,23)14-8-6-13(7-9-14)24-10-15-18-12-19-21(15)3/h6-9,12,20H,4-5,10-11,17H2,1-3H3. The summed E-state index contributed by atoms with van der Waals surface area (Å²) in [6.07, 6.45) is 2.84. The maximum atomic E-state index is 12.4. The molecule has 0 saturated heterocycles. The fourth-order valence-electron chi connectivity index (χ4n) is 2.14. The van der Waals surface area contributed by atoms with E-state index in [4.69, 9.17) is 10.5 Å². The molecule has 0 saturated carbocycles. The molecule has 0 spiro atoms. The number of nitrogens with two attached hydrogens (primary N) is 1. The highest BCUT2D eigenvalue weighted by atomic mass is 32.2. The van der Waals surface area contributed by atoms with Crippen molar-refractivity contribution in [1.82, 2.24) is 19.5 Å². The van der Waals surface area contributed by atoms with Crippen molar-refractivity contribution in [3.63, 3.8) is 0 Å². The number of sulfonamides is 1. The number of hydrogen-bond donors (Lipinski definition) is 2. The Bertz CT molecular complexity index is 782. The molecule has 9 heteroatoms. The fourth-order valence-corrected chi connectivity index (χ4v) is 3.27. The molecule has 138 valence electrons. The molecular weight excluding hydrogens is 342 g/mol. The van der Waals surface area contributed by atoms with Crippen LogP contribution in [0.5, 0.6) is 5.75 Å². The molecule has 2 rings (SSSR count). The van der Waals surface area contributed by atoms with Crippen LogP contribution in [0.25, 0.3) is 0 Å². The Hall–Kier alpha value is -1.97. The van der Waals surface area contributed by atoms with Crippen LogP contribution in [-0.4, -0.2) is 35.3 Å². The van der Waals surface area contributed by atoms with Gasteiger partial charge in [0.2, 0.25) is 10.0 Å². The van der Waals surface area contributed by atoms with Crippen LogP contribution in [0.3, 0.4) is 0 Å². The van der Waals surface area contributed by atoms with Gasteiger partial charge in [-0.2, -0.15) is 5.10 Å². The van der Waals surface area contributed by atoms with Crippen LogP contribution in [0.2, 0.25) is 0 Å². The van der Waals surface area contributed by atoms with E-state index in [2.05, 4.69) is 14.8 Å². The maximum Gasteiger partial charge on any atom is 0.240 e. The molecule has 0 radical (unpaired) electrons. The lowest BCUT2D eigenvalue weighted by Crippen LogP contribution is -2.49. The molecule has 0 unspecified atom stereocenters. The van der Waals surface area contributed by atoms with Crippen molar-refractivity contribution in [2.24, 2.45) is 12.8 Å². The number of aryl methyl sites for hydroxylation is 1. The third-order valence-electron chi connectivity index (χ3n) is 4.33. The van der Waals surface area contributed by atoms with Crippen LogP contribution < -0.4 is 15.2 Å². The van der Waals surface area contributed by atoms with E-state index in [9.17, 15) is 8.42 Å². The van der Waals surface area contributed by atoms with Crippen LogP contribution in [0, 0.1) is 0 Å². The average Bonchev–Trinajstić information content (AvgIpc) is 3.03. The Kier molecular flexibility index (Phi) is 6.15. The zero-order valence-electron chi connectivity index (χ0n) is 14.8. The van der Waals surface area contributed by atoms with Gasteiger partial charge in [0.25, 0.3) is 0 Å². The summed E-state index contributed by atoms with van der Waals surface area (Å²) in [4.78, 5) is 4.23. The van der Waals surface area contributed by atoms with Crippen molar-refractivity contribution in [1.29, 1.82) is 0 Å². The number of rotatable bonds is 9. The summed E-state index contributed by atoms with van der Waals surface area (Å²) in [6, 6.07) is 6.23. The summed E-state index contributed by atoms with van der Waals surface area (Å²) in [7, 11) is -1.83. The molecule has 0 fully saturated rings. The number of aromatic nitrogens is 3. The topological polar surface area (TPSA) is 112 Å². The third-order valence-corrected chi connectivity index (χ3v) is 5.75. The summed E-state index contributed by atoms with van der Waals surface area (Å²) in [6.45, 7) is 4.35. The molecule has 0 aliphatic carbocycles. The monoisotopic (exact) mass is 367 g/mol. The van der Waals surface area contributed by atoms with Gasteiger partial charge in [0.05, 0.1) is 4.90 Å². The lowest BCUT2D eigenvalue weighted by Gasteiger charge is -2.26. The van der Waals surface area contributed by atoms with Crippen LogP contribution in [-0.2, 0) is 23.7 Å². The molecule has 0 atom stereocenters. The molecule has 3 N–H and O–H groups in total. The molecule has 1 aromatic heterocycles. The van der Waals surface area contributed by atoms with Gasteiger partial charge in [0.1, 0.15) is 18.7 Å². The highest BCUT2D eigenvalue weighted by molar-refractivity contribution is 7.89. The van der Waals surface area contributed by atoms with Gasteiger partial charge < -0.3 is 10.5 Å². The second-order valence-electron chi connectivity index (χ2n) is 5.95. The van der Waals surface area contributed by atoms with Gasteiger partial charge in [-0.15, -0.1) is 0 Å². The van der Waals surface area contributed by atoms with Crippen LogP contribution in [0.15, 0.2) is 35.5 Å². The second kappa shape index (κ2) is 7.94. The van der Waals surface area contributed by atoms with Gasteiger partial charge in [0, 0.05) is 19.1 Å². The van der Waals surface area contributed by atoms with Crippen LogP contribution in [0.4, 0.5) is 0 Å². The van der Waals surface area contributed by atoms with E-state index >= 15 is 0 Å². The lowest BCUT2D eigenvalue weighted by molar-refractivity contribution is 0.289. The van der Waals surface area contributed by atoms with Gasteiger partial charge in [-0.25, -0.2) is 18.1 Å². The van der Waals surface area contributed by atoms with Crippen molar-refractivity contribution < 1.29 is 13.2 Å². The van der Waals surface area contributed by atoms with Crippen molar-refractivity contribution in [3.8, 4) is 5.75 Å². The van der Waals surface area contributed by atoms with E-state index in [0.717, 1.165) is 0 Å². The molecule has 0 bridgehead atoms. The van der Waals surface area contributed by atoms with E-state index in [0.29, 0.717) is 24.4 Å². The minimum atomic E-state index is -3.61.